The second kappa shape index (κ2) is 5.74. The van der Waals surface area contributed by atoms with Crippen LogP contribution in [0.15, 0.2) is 36.4 Å². The Balaban J connectivity index is 2.34. The van der Waals surface area contributed by atoms with Crippen molar-refractivity contribution in [3.05, 3.63) is 70.4 Å². The lowest BCUT2D eigenvalue weighted by Gasteiger charge is -2.13. The van der Waals surface area contributed by atoms with E-state index in [1.165, 1.54) is 0 Å². The van der Waals surface area contributed by atoms with Crippen LogP contribution in [0.3, 0.4) is 0 Å². The van der Waals surface area contributed by atoms with Gasteiger partial charge in [-0.2, -0.15) is 0 Å². The summed E-state index contributed by atoms with van der Waals surface area (Å²) in [6.07, 6.45) is 0. The van der Waals surface area contributed by atoms with E-state index in [0.29, 0.717) is 22.2 Å². The number of hydrogen-bond donors (Lipinski definition) is 0. The van der Waals surface area contributed by atoms with Gasteiger partial charge in [-0.1, -0.05) is 11.6 Å². The molecule has 0 amide bonds. The Bertz CT molecular complexity index is 886. The molecule has 0 saturated heterocycles. The van der Waals surface area contributed by atoms with Gasteiger partial charge in [-0.15, -0.1) is 0 Å². The Hall–Kier alpha value is -2.27. The Kier molecular flexibility index (Phi) is 3.90. The van der Waals surface area contributed by atoms with E-state index in [1.54, 1.807) is 42.7 Å². The third-order valence-corrected chi connectivity index (χ3v) is 3.84. The van der Waals surface area contributed by atoms with Crippen LogP contribution in [-0.2, 0) is 0 Å². The van der Waals surface area contributed by atoms with Gasteiger partial charge in [-0.3, -0.25) is 4.57 Å². The van der Waals surface area contributed by atoms with E-state index in [1.807, 2.05) is 0 Å². The molecule has 6 heteroatoms. The fourth-order valence-corrected chi connectivity index (χ4v) is 2.74. The predicted molar refractivity (Wildman–Crippen MR) is 83.4 cm³/mol. The SMILES string of the molecule is Cc1nc(C)n(-c2ccc(Cl)cc2)c1-c1c(F)ccc(F)c1F. The molecule has 0 radical (unpaired) electrons. The first-order valence-corrected chi connectivity index (χ1v) is 7.23. The highest BCUT2D eigenvalue weighted by atomic mass is 35.5. The van der Waals surface area contributed by atoms with Crippen LogP contribution in [0.1, 0.15) is 11.5 Å². The summed E-state index contributed by atoms with van der Waals surface area (Å²) in [4.78, 5) is 4.27. The molecule has 2 aromatic carbocycles. The summed E-state index contributed by atoms with van der Waals surface area (Å²) >= 11 is 5.88. The number of hydrogen-bond acceptors (Lipinski definition) is 1. The van der Waals surface area contributed by atoms with E-state index < -0.39 is 23.0 Å². The van der Waals surface area contributed by atoms with Gasteiger partial charge in [0.25, 0.3) is 0 Å². The fourth-order valence-electron chi connectivity index (χ4n) is 2.61. The Morgan fingerprint density at radius 1 is 0.913 bits per heavy atom. The zero-order chi connectivity index (χ0) is 16.7. The molecule has 3 aromatic rings. The lowest BCUT2D eigenvalue weighted by Crippen LogP contribution is -2.03. The van der Waals surface area contributed by atoms with E-state index in [9.17, 15) is 13.2 Å². The number of nitrogens with zero attached hydrogens (tertiary/aromatic N) is 2. The minimum absolute atomic E-state index is 0.180. The van der Waals surface area contributed by atoms with Crippen LogP contribution in [0, 0.1) is 31.3 Å². The van der Waals surface area contributed by atoms with Crippen LogP contribution < -0.4 is 0 Å². The van der Waals surface area contributed by atoms with Gasteiger partial charge in [0.05, 0.1) is 17.0 Å². The topological polar surface area (TPSA) is 17.8 Å². The van der Waals surface area contributed by atoms with Crippen molar-refractivity contribution in [2.24, 2.45) is 0 Å². The van der Waals surface area contributed by atoms with Gasteiger partial charge in [0.15, 0.2) is 11.6 Å². The van der Waals surface area contributed by atoms with Crippen molar-refractivity contribution >= 4 is 11.6 Å². The maximum atomic E-state index is 14.2. The molecule has 0 aliphatic carbocycles. The molecule has 0 spiro atoms. The Morgan fingerprint density at radius 3 is 2.17 bits per heavy atom. The van der Waals surface area contributed by atoms with Gasteiger partial charge < -0.3 is 0 Å². The van der Waals surface area contributed by atoms with Gasteiger partial charge in [-0.25, -0.2) is 18.2 Å². The molecule has 0 atom stereocenters. The normalized spacial score (nSPS) is 11.0. The van der Waals surface area contributed by atoms with Crippen molar-refractivity contribution in [3.63, 3.8) is 0 Å². The monoisotopic (exact) mass is 336 g/mol. The van der Waals surface area contributed by atoms with Crippen molar-refractivity contribution in [1.82, 2.24) is 9.55 Å². The smallest absolute Gasteiger partial charge is 0.171 e. The first-order chi connectivity index (χ1) is 10.9. The molecule has 2 nitrogen and oxygen atoms in total. The maximum Gasteiger partial charge on any atom is 0.171 e. The average Bonchev–Trinajstić information content (AvgIpc) is 2.79. The van der Waals surface area contributed by atoms with Crippen LogP contribution in [-0.4, -0.2) is 9.55 Å². The third kappa shape index (κ3) is 2.61. The van der Waals surface area contributed by atoms with E-state index in [-0.39, 0.29) is 5.69 Å². The molecule has 1 aromatic heterocycles. The van der Waals surface area contributed by atoms with E-state index >= 15 is 0 Å². The summed E-state index contributed by atoms with van der Waals surface area (Å²) in [6, 6.07) is 8.40. The predicted octanol–water partition coefficient (Wildman–Crippen LogP) is 5.23. The highest BCUT2D eigenvalue weighted by Crippen LogP contribution is 2.33. The highest BCUT2D eigenvalue weighted by molar-refractivity contribution is 6.30. The Morgan fingerprint density at radius 2 is 1.52 bits per heavy atom. The number of rotatable bonds is 2. The lowest BCUT2D eigenvalue weighted by molar-refractivity contribution is 0.498. The summed E-state index contributed by atoms with van der Waals surface area (Å²) in [6.45, 7) is 3.33. The molecule has 0 aliphatic rings. The number of aromatic nitrogens is 2. The molecular weight excluding hydrogens is 325 g/mol. The van der Waals surface area contributed by atoms with Crippen LogP contribution in [0.2, 0.25) is 5.02 Å². The number of imidazole rings is 1. The minimum atomic E-state index is -1.23. The first-order valence-electron chi connectivity index (χ1n) is 6.86. The molecule has 0 N–H and O–H groups in total. The quantitative estimate of drug-likeness (QED) is 0.586. The van der Waals surface area contributed by atoms with Gasteiger partial charge in [0.2, 0.25) is 0 Å². The molecule has 118 valence electrons. The van der Waals surface area contributed by atoms with Crippen LogP contribution >= 0.6 is 11.6 Å². The summed E-state index contributed by atoms with van der Waals surface area (Å²) in [5, 5.41) is 0.535. The maximum absolute atomic E-state index is 14.2. The number of benzene rings is 2. The molecular formula is C17H12ClF3N2. The second-order valence-electron chi connectivity index (χ2n) is 5.12. The lowest BCUT2D eigenvalue weighted by atomic mass is 10.1. The minimum Gasteiger partial charge on any atom is -0.296 e. The van der Waals surface area contributed by atoms with Crippen molar-refractivity contribution in [1.29, 1.82) is 0 Å². The van der Waals surface area contributed by atoms with Crippen molar-refractivity contribution in [2.75, 3.05) is 0 Å². The molecule has 1 heterocycles. The molecule has 23 heavy (non-hydrogen) atoms. The zero-order valence-electron chi connectivity index (χ0n) is 12.4. The fraction of sp³-hybridized carbons (Fsp3) is 0.118. The van der Waals surface area contributed by atoms with E-state index in [2.05, 4.69) is 4.98 Å². The average molecular weight is 337 g/mol. The van der Waals surface area contributed by atoms with E-state index in [4.69, 9.17) is 11.6 Å². The highest BCUT2D eigenvalue weighted by Gasteiger charge is 2.23. The van der Waals surface area contributed by atoms with Gasteiger partial charge in [0.1, 0.15) is 11.6 Å². The molecule has 0 bridgehead atoms. The summed E-state index contributed by atoms with van der Waals surface area (Å²) in [7, 11) is 0. The van der Waals surface area contributed by atoms with E-state index in [0.717, 1.165) is 12.1 Å². The number of halogens is 4. The summed E-state index contributed by atoms with van der Waals surface area (Å²) in [5.74, 6) is -2.66. The van der Waals surface area contributed by atoms with Crippen LogP contribution in [0.25, 0.3) is 16.9 Å². The van der Waals surface area contributed by atoms with Gasteiger partial charge in [0, 0.05) is 10.7 Å². The van der Waals surface area contributed by atoms with Crippen molar-refractivity contribution < 1.29 is 13.2 Å². The molecule has 0 unspecified atom stereocenters. The summed E-state index contributed by atoms with van der Waals surface area (Å²) < 4.78 is 43.6. The summed E-state index contributed by atoms with van der Waals surface area (Å²) in [5.41, 5.74) is 0.781. The number of aryl methyl sites for hydroxylation is 2. The molecule has 3 rings (SSSR count). The largest absolute Gasteiger partial charge is 0.296 e. The second-order valence-corrected chi connectivity index (χ2v) is 5.56. The van der Waals surface area contributed by atoms with Crippen LogP contribution in [0.4, 0.5) is 13.2 Å². The Labute approximate surface area is 136 Å². The van der Waals surface area contributed by atoms with Crippen LogP contribution in [0.5, 0.6) is 0 Å². The van der Waals surface area contributed by atoms with Crippen molar-refractivity contribution in [3.8, 4) is 16.9 Å². The standard InChI is InChI=1S/C17H12ClF3N2/c1-9-17(15-13(19)7-8-14(20)16(15)21)23(10(2)22-9)12-5-3-11(18)4-6-12/h3-8H,1-2H3. The molecule has 0 saturated carbocycles. The zero-order valence-corrected chi connectivity index (χ0v) is 13.1. The van der Waals surface area contributed by atoms with Crippen molar-refractivity contribution in [2.45, 2.75) is 13.8 Å². The van der Waals surface area contributed by atoms with Gasteiger partial charge >= 0.3 is 0 Å². The third-order valence-electron chi connectivity index (χ3n) is 3.59. The first kappa shape index (κ1) is 15.6. The van der Waals surface area contributed by atoms with Gasteiger partial charge in [-0.05, 0) is 50.2 Å². The molecule has 0 aliphatic heterocycles. The molecule has 0 fully saturated rings.